The first kappa shape index (κ1) is 11.8. The number of aromatic nitrogens is 1. The topological polar surface area (TPSA) is 33.1 Å². The molecule has 0 radical (unpaired) electrons. The number of benzene rings is 1. The molecule has 17 heavy (non-hydrogen) atoms. The smallest absolute Gasteiger partial charge is 0.0873 e. The molecule has 1 aromatic heterocycles. The minimum Gasteiger partial charge on any atom is -0.388 e. The third-order valence-corrected chi connectivity index (χ3v) is 3.14. The number of nitrogens with zero attached hydrogens (tertiary/aromatic N) is 1. The fourth-order valence-corrected chi connectivity index (χ4v) is 2.00. The highest BCUT2D eigenvalue weighted by atomic mass is 16.3. The van der Waals surface area contributed by atoms with E-state index < -0.39 is 6.10 Å². The molecule has 2 heteroatoms. The number of hydrogen-bond acceptors (Lipinski definition) is 2. The van der Waals surface area contributed by atoms with E-state index in [9.17, 15) is 5.11 Å². The van der Waals surface area contributed by atoms with Crippen LogP contribution in [0.3, 0.4) is 0 Å². The molecule has 1 heterocycles. The summed E-state index contributed by atoms with van der Waals surface area (Å²) in [5.74, 6) is -0.00250. The molecule has 2 atom stereocenters. The van der Waals surface area contributed by atoms with Crippen LogP contribution in [0.15, 0.2) is 48.7 Å². The van der Waals surface area contributed by atoms with Gasteiger partial charge in [-0.25, -0.2) is 0 Å². The molecule has 2 unspecified atom stereocenters. The Morgan fingerprint density at radius 3 is 2.41 bits per heavy atom. The Balaban J connectivity index is 2.27. The molecule has 0 aliphatic heterocycles. The molecule has 0 aliphatic rings. The van der Waals surface area contributed by atoms with Gasteiger partial charge in [-0.15, -0.1) is 0 Å². The third kappa shape index (κ3) is 2.53. The minimum atomic E-state index is -0.508. The standard InChI is InChI=1S/C15H17NO/c1-11-7-3-4-8-13(11)15(17)12(2)14-9-5-6-10-16-14/h3-10,12,15,17H,1-2H3. The fourth-order valence-electron chi connectivity index (χ4n) is 2.00. The van der Waals surface area contributed by atoms with Gasteiger partial charge in [-0.3, -0.25) is 4.98 Å². The first-order valence-electron chi connectivity index (χ1n) is 5.84. The van der Waals surface area contributed by atoms with Crippen molar-refractivity contribution in [3.63, 3.8) is 0 Å². The Hall–Kier alpha value is -1.67. The molecular weight excluding hydrogens is 210 g/mol. The van der Waals surface area contributed by atoms with Gasteiger partial charge in [0.1, 0.15) is 0 Å². The molecule has 0 saturated carbocycles. The molecule has 2 rings (SSSR count). The highest BCUT2D eigenvalue weighted by Crippen LogP contribution is 2.30. The van der Waals surface area contributed by atoms with E-state index in [1.54, 1.807) is 6.20 Å². The van der Waals surface area contributed by atoms with Crippen LogP contribution in [0, 0.1) is 6.92 Å². The highest BCUT2D eigenvalue weighted by molar-refractivity contribution is 5.30. The van der Waals surface area contributed by atoms with Crippen molar-refractivity contribution in [3.8, 4) is 0 Å². The summed E-state index contributed by atoms with van der Waals surface area (Å²) >= 11 is 0. The predicted octanol–water partition coefficient (Wildman–Crippen LogP) is 3.23. The first-order valence-corrected chi connectivity index (χ1v) is 5.84. The molecule has 0 amide bonds. The normalized spacial score (nSPS) is 14.3. The van der Waals surface area contributed by atoms with Gasteiger partial charge >= 0.3 is 0 Å². The van der Waals surface area contributed by atoms with Crippen LogP contribution < -0.4 is 0 Å². The van der Waals surface area contributed by atoms with Crippen LogP contribution >= 0.6 is 0 Å². The minimum absolute atomic E-state index is 0.00250. The highest BCUT2D eigenvalue weighted by Gasteiger charge is 2.20. The lowest BCUT2D eigenvalue weighted by Gasteiger charge is -2.20. The van der Waals surface area contributed by atoms with Gasteiger partial charge in [0.25, 0.3) is 0 Å². The molecule has 2 nitrogen and oxygen atoms in total. The second-order valence-corrected chi connectivity index (χ2v) is 4.34. The van der Waals surface area contributed by atoms with Crippen molar-refractivity contribution in [1.29, 1.82) is 0 Å². The van der Waals surface area contributed by atoms with Crippen LogP contribution in [0.25, 0.3) is 0 Å². The number of pyridine rings is 1. The zero-order valence-electron chi connectivity index (χ0n) is 10.2. The zero-order valence-corrected chi connectivity index (χ0v) is 10.2. The third-order valence-electron chi connectivity index (χ3n) is 3.14. The summed E-state index contributed by atoms with van der Waals surface area (Å²) in [5, 5.41) is 10.4. The maximum Gasteiger partial charge on any atom is 0.0873 e. The molecular formula is C15H17NO. The zero-order chi connectivity index (χ0) is 12.3. The predicted molar refractivity (Wildman–Crippen MR) is 68.8 cm³/mol. The summed E-state index contributed by atoms with van der Waals surface area (Å²) in [4.78, 5) is 4.29. The van der Waals surface area contributed by atoms with Crippen LogP contribution in [0.5, 0.6) is 0 Å². The van der Waals surface area contributed by atoms with Gasteiger partial charge < -0.3 is 5.11 Å². The number of aryl methyl sites for hydroxylation is 1. The average molecular weight is 227 g/mol. The summed E-state index contributed by atoms with van der Waals surface area (Å²) in [7, 11) is 0. The van der Waals surface area contributed by atoms with Gasteiger partial charge in [-0.05, 0) is 30.2 Å². The Labute approximate surface area is 102 Å². The van der Waals surface area contributed by atoms with Crippen molar-refractivity contribution in [1.82, 2.24) is 4.98 Å². The number of aliphatic hydroxyl groups is 1. The van der Waals surface area contributed by atoms with E-state index in [1.165, 1.54) is 0 Å². The van der Waals surface area contributed by atoms with E-state index in [-0.39, 0.29) is 5.92 Å². The van der Waals surface area contributed by atoms with Crippen LogP contribution in [-0.4, -0.2) is 10.1 Å². The van der Waals surface area contributed by atoms with Crippen molar-refractivity contribution < 1.29 is 5.11 Å². The number of aliphatic hydroxyl groups excluding tert-OH is 1. The Kier molecular flexibility index (Phi) is 3.55. The average Bonchev–Trinajstić information content (AvgIpc) is 2.39. The lowest BCUT2D eigenvalue weighted by Crippen LogP contribution is -2.10. The second-order valence-electron chi connectivity index (χ2n) is 4.34. The van der Waals surface area contributed by atoms with E-state index in [1.807, 2.05) is 56.3 Å². The number of hydrogen-bond donors (Lipinski definition) is 1. The van der Waals surface area contributed by atoms with Crippen molar-refractivity contribution in [2.45, 2.75) is 25.9 Å². The summed E-state index contributed by atoms with van der Waals surface area (Å²) in [6.45, 7) is 4.02. The summed E-state index contributed by atoms with van der Waals surface area (Å²) in [5.41, 5.74) is 3.01. The maximum atomic E-state index is 10.4. The summed E-state index contributed by atoms with van der Waals surface area (Å²) < 4.78 is 0. The van der Waals surface area contributed by atoms with E-state index in [0.29, 0.717) is 0 Å². The quantitative estimate of drug-likeness (QED) is 0.873. The monoisotopic (exact) mass is 227 g/mol. The first-order chi connectivity index (χ1) is 8.20. The van der Waals surface area contributed by atoms with E-state index in [4.69, 9.17) is 0 Å². The molecule has 0 fully saturated rings. The SMILES string of the molecule is Cc1ccccc1C(O)C(C)c1ccccn1. The van der Waals surface area contributed by atoms with Crippen LogP contribution in [0.2, 0.25) is 0 Å². The number of rotatable bonds is 3. The molecule has 1 N–H and O–H groups in total. The van der Waals surface area contributed by atoms with Crippen molar-refractivity contribution in [2.24, 2.45) is 0 Å². The Morgan fingerprint density at radius 1 is 1.06 bits per heavy atom. The van der Waals surface area contributed by atoms with Crippen LogP contribution in [-0.2, 0) is 0 Å². The lowest BCUT2D eigenvalue weighted by molar-refractivity contribution is 0.149. The molecule has 1 aromatic carbocycles. The van der Waals surface area contributed by atoms with Crippen LogP contribution in [0.1, 0.15) is 35.8 Å². The van der Waals surface area contributed by atoms with E-state index in [2.05, 4.69) is 4.98 Å². The van der Waals surface area contributed by atoms with Gasteiger partial charge in [0.2, 0.25) is 0 Å². The van der Waals surface area contributed by atoms with Crippen molar-refractivity contribution in [3.05, 3.63) is 65.5 Å². The van der Waals surface area contributed by atoms with Gasteiger partial charge in [0, 0.05) is 17.8 Å². The fraction of sp³-hybridized carbons (Fsp3) is 0.267. The van der Waals surface area contributed by atoms with Gasteiger partial charge in [-0.1, -0.05) is 37.3 Å². The van der Waals surface area contributed by atoms with E-state index in [0.717, 1.165) is 16.8 Å². The van der Waals surface area contributed by atoms with Crippen molar-refractivity contribution >= 4 is 0 Å². The lowest BCUT2D eigenvalue weighted by atomic mass is 9.91. The van der Waals surface area contributed by atoms with Crippen molar-refractivity contribution in [2.75, 3.05) is 0 Å². The van der Waals surface area contributed by atoms with Crippen LogP contribution in [0.4, 0.5) is 0 Å². The van der Waals surface area contributed by atoms with E-state index >= 15 is 0 Å². The summed E-state index contributed by atoms with van der Waals surface area (Å²) in [6.07, 6.45) is 1.25. The second kappa shape index (κ2) is 5.11. The van der Waals surface area contributed by atoms with Gasteiger partial charge in [0.15, 0.2) is 0 Å². The summed E-state index contributed by atoms with van der Waals surface area (Å²) in [6, 6.07) is 13.7. The Bertz CT molecular complexity index is 481. The molecule has 0 saturated heterocycles. The van der Waals surface area contributed by atoms with Gasteiger partial charge in [-0.2, -0.15) is 0 Å². The molecule has 88 valence electrons. The maximum absolute atomic E-state index is 10.4. The molecule has 0 spiro atoms. The molecule has 2 aromatic rings. The molecule has 0 bridgehead atoms. The largest absolute Gasteiger partial charge is 0.388 e. The van der Waals surface area contributed by atoms with Gasteiger partial charge in [0.05, 0.1) is 6.10 Å². The molecule has 0 aliphatic carbocycles. The Morgan fingerprint density at radius 2 is 1.76 bits per heavy atom.